The van der Waals surface area contributed by atoms with E-state index in [1.54, 1.807) is 24.7 Å². The van der Waals surface area contributed by atoms with E-state index in [4.69, 9.17) is 4.74 Å². The normalized spacial score (nSPS) is 12.1. The summed E-state index contributed by atoms with van der Waals surface area (Å²) in [7, 11) is 0. The van der Waals surface area contributed by atoms with Gasteiger partial charge in [0.25, 0.3) is 0 Å². The van der Waals surface area contributed by atoms with Gasteiger partial charge in [-0.15, -0.1) is 0 Å². The van der Waals surface area contributed by atoms with Crippen LogP contribution in [0.15, 0.2) is 36.9 Å². The Kier molecular flexibility index (Phi) is 4.80. The van der Waals surface area contributed by atoms with Gasteiger partial charge in [-0.3, -0.25) is 4.98 Å². The molecule has 2 heterocycles. The molecule has 1 N–H and O–H groups in total. The second-order valence-electron chi connectivity index (χ2n) is 3.98. The van der Waals surface area contributed by atoms with Crippen LogP contribution in [0.2, 0.25) is 0 Å². The van der Waals surface area contributed by atoms with Gasteiger partial charge < -0.3 is 10.1 Å². The third kappa shape index (κ3) is 3.48. The standard InChI is InChI=1S/C14H18N4O/c1-3-16-13(14-17-6-5-7-18-14)11-8-12(19-4-2)10-15-9-11/h5-10,13,16H,3-4H2,1-2H3. The zero-order chi connectivity index (χ0) is 13.5. The van der Waals surface area contributed by atoms with Crippen LogP contribution in [0.3, 0.4) is 0 Å². The number of hydrogen-bond acceptors (Lipinski definition) is 5. The quantitative estimate of drug-likeness (QED) is 0.858. The fourth-order valence-corrected chi connectivity index (χ4v) is 1.86. The zero-order valence-electron chi connectivity index (χ0n) is 11.2. The third-order valence-electron chi connectivity index (χ3n) is 2.63. The van der Waals surface area contributed by atoms with Gasteiger partial charge in [0, 0.05) is 18.6 Å². The number of aromatic nitrogens is 3. The van der Waals surface area contributed by atoms with Crippen molar-refractivity contribution >= 4 is 0 Å². The Bertz CT molecular complexity index is 504. The van der Waals surface area contributed by atoms with Gasteiger partial charge in [0.15, 0.2) is 0 Å². The number of ether oxygens (including phenoxy) is 1. The third-order valence-corrected chi connectivity index (χ3v) is 2.63. The van der Waals surface area contributed by atoms with Crippen molar-refractivity contribution in [2.45, 2.75) is 19.9 Å². The molecule has 1 atom stereocenters. The van der Waals surface area contributed by atoms with E-state index in [0.29, 0.717) is 6.61 Å². The lowest BCUT2D eigenvalue weighted by atomic mass is 10.1. The Balaban J connectivity index is 2.31. The largest absolute Gasteiger partial charge is 0.492 e. The molecule has 2 aromatic heterocycles. The van der Waals surface area contributed by atoms with Crippen LogP contribution in [0.1, 0.15) is 31.3 Å². The predicted octanol–water partition coefficient (Wildman–Crippen LogP) is 1.97. The number of rotatable bonds is 6. The van der Waals surface area contributed by atoms with Crippen LogP contribution < -0.4 is 10.1 Å². The van der Waals surface area contributed by atoms with Gasteiger partial charge in [-0.1, -0.05) is 6.92 Å². The van der Waals surface area contributed by atoms with Gasteiger partial charge in [0.05, 0.1) is 18.8 Å². The Hall–Kier alpha value is -2.01. The molecule has 0 bridgehead atoms. The topological polar surface area (TPSA) is 59.9 Å². The second-order valence-corrected chi connectivity index (χ2v) is 3.98. The Labute approximate surface area is 113 Å². The molecule has 5 nitrogen and oxygen atoms in total. The summed E-state index contributed by atoms with van der Waals surface area (Å²) in [5.41, 5.74) is 0.999. The Morgan fingerprint density at radius 2 is 2.00 bits per heavy atom. The zero-order valence-corrected chi connectivity index (χ0v) is 11.2. The van der Waals surface area contributed by atoms with Gasteiger partial charge in [-0.25, -0.2) is 9.97 Å². The summed E-state index contributed by atoms with van der Waals surface area (Å²) >= 11 is 0. The number of nitrogens with zero attached hydrogens (tertiary/aromatic N) is 3. The monoisotopic (exact) mass is 258 g/mol. The molecule has 0 aromatic carbocycles. The first-order valence-electron chi connectivity index (χ1n) is 6.43. The molecule has 0 aliphatic rings. The van der Waals surface area contributed by atoms with Gasteiger partial charge >= 0.3 is 0 Å². The van der Waals surface area contributed by atoms with E-state index >= 15 is 0 Å². The highest BCUT2D eigenvalue weighted by Gasteiger charge is 2.16. The maximum atomic E-state index is 5.48. The van der Waals surface area contributed by atoms with E-state index in [9.17, 15) is 0 Å². The van der Waals surface area contributed by atoms with Gasteiger partial charge in [0.1, 0.15) is 11.6 Å². The summed E-state index contributed by atoms with van der Waals surface area (Å²) < 4.78 is 5.48. The summed E-state index contributed by atoms with van der Waals surface area (Å²) in [4.78, 5) is 12.8. The lowest BCUT2D eigenvalue weighted by molar-refractivity contribution is 0.338. The molecule has 19 heavy (non-hydrogen) atoms. The average molecular weight is 258 g/mol. The molecule has 5 heteroatoms. The van der Waals surface area contributed by atoms with Crippen LogP contribution in [-0.4, -0.2) is 28.1 Å². The Morgan fingerprint density at radius 3 is 2.68 bits per heavy atom. The highest BCUT2D eigenvalue weighted by Crippen LogP contribution is 2.21. The molecule has 0 saturated heterocycles. The van der Waals surface area contributed by atoms with Crippen molar-refractivity contribution in [2.24, 2.45) is 0 Å². The summed E-state index contributed by atoms with van der Waals surface area (Å²) in [6, 6.07) is 3.71. The van der Waals surface area contributed by atoms with Crippen LogP contribution in [-0.2, 0) is 0 Å². The van der Waals surface area contributed by atoms with E-state index in [2.05, 4.69) is 27.2 Å². The van der Waals surface area contributed by atoms with E-state index in [-0.39, 0.29) is 6.04 Å². The van der Waals surface area contributed by atoms with Gasteiger partial charge in [0.2, 0.25) is 0 Å². The van der Waals surface area contributed by atoms with Crippen LogP contribution >= 0.6 is 0 Å². The maximum absolute atomic E-state index is 5.48. The second kappa shape index (κ2) is 6.80. The fraction of sp³-hybridized carbons (Fsp3) is 0.357. The molecule has 0 amide bonds. The van der Waals surface area contributed by atoms with E-state index in [1.165, 1.54) is 0 Å². The highest BCUT2D eigenvalue weighted by atomic mass is 16.5. The predicted molar refractivity (Wildman–Crippen MR) is 73.0 cm³/mol. The van der Waals surface area contributed by atoms with E-state index in [1.807, 2.05) is 19.2 Å². The SMILES string of the molecule is CCNC(c1cncc(OCC)c1)c1ncccn1. The molecule has 0 spiro atoms. The van der Waals surface area contributed by atoms with Crippen LogP contribution in [0.5, 0.6) is 5.75 Å². The van der Waals surface area contributed by atoms with Gasteiger partial charge in [-0.2, -0.15) is 0 Å². The summed E-state index contributed by atoms with van der Waals surface area (Å²) in [6.07, 6.45) is 7.01. The van der Waals surface area contributed by atoms with Crippen molar-refractivity contribution in [2.75, 3.05) is 13.2 Å². The molecular weight excluding hydrogens is 240 g/mol. The lowest BCUT2D eigenvalue weighted by Gasteiger charge is -2.17. The van der Waals surface area contributed by atoms with Crippen molar-refractivity contribution in [3.63, 3.8) is 0 Å². The number of pyridine rings is 1. The molecule has 0 aliphatic carbocycles. The average Bonchev–Trinajstić information content (AvgIpc) is 2.46. The first-order valence-corrected chi connectivity index (χ1v) is 6.43. The van der Waals surface area contributed by atoms with Crippen molar-refractivity contribution < 1.29 is 4.74 Å². The molecule has 1 unspecified atom stereocenters. The van der Waals surface area contributed by atoms with Crippen LogP contribution in [0, 0.1) is 0 Å². The van der Waals surface area contributed by atoms with E-state index in [0.717, 1.165) is 23.7 Å². The summed E-state index contributed by atoms with van der Waals surface area (Å²) in [6.45, 7) is 5.45. The maximum Gasteiger partial charge on any atom is 0.149 e. The summed E-state index contributed by atoms with van der Waals surface area (Å²) in [5.74, 6) is 1.50. The molecule has 0 radical (unpaired) electrons. The smallest absolute Gasteiger partial charge is 0.149 e. The lowest BCUT2D eigenvalue weighted by Crippen LogP contribution is -2.24. The van der Waals surface area contributed by atoms with Crippen molar-refractivity contribution in [1.29, 1.82) is 0 Å². The minimum atomic E-state index is -0.0703. The Morgan fingerprint density at radius 1 is 1.21 bits per heavy atom. The molecule has 0 aliphatic heterocycles. The minimum absolute atomic E-state index is 0.0703. The van der Waals surface area contributed by atoms with Crippen molar-refractivity contribution in [1.82, 2.24) is 20.3 Å². The molecule has 100 valence electrons. The number of hydrogen-bond donors (Lipinski definition) is 1. The first kappa shape index (κ1) is 13.4. The minimum Gasteiger partial charge on any atom is -0.492 e. The highest BCUT2D eigenvalue weighted by molar-refractivity contribution is 5.29. The van der Waals surface area contributed by atoms with Gasteiger partial charge in [-0.05, 0) is 31.2 Å². The fourth-order valence-electron chi connectivity index (χ4n) is 1.86. The van der Waals surface area contributed by atoms with E-state index < -0.39 is 0 Å². The molecule has 0 saturated carbocycles. The molecule has 2 aromatic rings. The first-order chi connectivity index (χ1) is 9.35. The van der Waals surface area contributed by atoms with Crippen molar-refractivity contribution in [3.05, 3.63) is 48.3 Å². The van der Waals surface area contributed by atoms with Crippen LogP contribution in [0.25, 0.3) is 0 Å². The van der Waals surface area contributed by atoms with Crippen LogP contribution in [0.4, 0.5) is 0 Å². The molecular formula is C14H18N4O. The molecule has 2 rings (SSSR count). The number of nitrogens with one attached hydrogen (secondary N) is 1. The summed E-state index contributed by atoms with van der Waals surface area (Å²) in [5, 5.41) is 3.36. The van der Waals surface area contributed by atoms with Crippen molar-refractivity contribution in [3.8, 4) is 5.75 Å². The molecule has 0 fully saturated rings.